The molecule has 4 bridgehead atoms. The summed E-state index contributed by atoms with van der Waals surface area (Å²) in [5, 5.41) is 5.89. The van der Waals surface area contributed by atoms with Gasteiger partial charge in [0.15, 0.2) is 6.61 Å². The minimum atomic E-state index is -0.307. The minimum Gasteiger partial charge on any atom is -0.455 e. The lowest BCUT2D eigenvalue weighted by molar-refractivity contribution is -0.174. The van der Waals surface area contributed by atoms with E-state index in [9.17, 15) is 9.59 Å². The van der Waals surface area contributed by atoms with Crippen LogP contribution in [0.25, 0.3) is 0 Å². The van der Waals surface area contributed by atoms with Gasteiger partial charge in [-0.25, -0.2) is 5.01 Å². The number of carbonyl (C=O) groups is 2. The Morgan fingerprint density at radius 3 is 2.30 bits per heavy atom. The van der Waals surface area contributed by atoms with Crippen molar-refractivity contribution in [1.29, 1.82) is 0 Å². The van der Waals surface area contributed by atoms with Crippen molar-refractivity contribution in [2.45, 2.75) is 44.9 Å². The van der Waals surface area contributed by atoms with Gasteiger partial charge >= 0.3 is 5.97 Å². The third kappa shape index (κ3) is 3.07. The van der Waals surface area contributed by atoms with Crippen molar-refractivity contribution in [3.05, 3.63) is 35.9 Å². The first-order chi connectivity index (χ1) is 13.1. The van der Waals surface area contributed by atoms with E-state index in [2.05, 4.69) is 5.10 Å². The van der Waals surface area contributed by atoms with Crippen molar-refractivity contribution in [3.63, 3.8) is 0 Å². The average molecular weight is 366 g/mol. The highest BCUT2D eigenvalue weighted by Gasteiger charge is 2.55. The lowest BCUT2D eigenvalue weighted by atomic mass is 9.49. The van der Waals surface area contributed by atoms with Crippen molar-refractivity contribution in [3.8, 4) is 0 Å². The predicted octanol–water partition coefficient (Wildman–Crippen LogP) is 3.38. The van der Waals surface area contributed by atoms with Crippen LogP contribution < -0.4 is 0 Å². The molecule has 5 heteroatoms. The summed E-state index contributed by atoms with van der Waals surface area (Å²) in [6.45, 7) is 0.365. The number of benzene rings is 1. The Kier molecular flexibility index (Phi) is 4.06. The number of nitrogens with zero attached hydrogens (tertiary/aromatic N) is 2. The van der Waals surface area contributed by atoms with E-state index >= 15 is 0 Å². The maximum atomic E-state index is 12.9. The topological polar surface area (TPSA) is 59.0 Å². The summed E-state index contributed by atoms with van der Waals surface area (Å²) in [6.07, 6.45) is 7.49. The minimum absolute atomic E-state index is 0.138. The molecule has 142 valence electrons. The molecule has 5 aliphatic rings. The zero-order chi connectivity index (χ0) is 18.4. The van der Waals surface area contributed by atoms with Gasteiger partial charge in [0.2, 0.25) is 0 Å². The fraction of sp³-hybridized carbons (Fsp3) is 0.591. The molecule has 4 saturated carbocycles. The number of carbonyl (C=O) groups excluding carboxylic acids is 2. The van der Waals surface area contributed by atoms with Gasteiger partial charge < -0.3 is 4.74 Å². The fourth-order valence-corrected chi connectivity index (χ4v) is 6.19. The predicted molar refractivity (Wildman–Crippen MR) is 101 cm³/mol. The molecule has 4 fully saturated rings. The largest absolute Gasteiger partial charge is 0.455 e. The van der Waals surface area contributed by atoms with Gasteiger partial charge in [0.05, 0.1) is 17.7 Å². The highest BCUT2D eigenvalue weighted by molar-refractivity contribution is 6.02. The van der Waals surface area contributed by atoms with Crippen LogP contribution in [0.2, 0.25) is 0 Å². The molecule has 1 aromatic carbocycles. The van der Waals surface area contributed by atoms with E-state index in [1.807, 2.05) is 30.3 Å². The summed E-state index contributed by atoms with van der Waals surface area (Å²) >= 11 is 0. The van der Waals surface area contributed by atoms with Crippen molar-refractivity contribution < 1.29 is 14.3 Å². The van der Waals surface area contributed by atoms with Crippen molar-refractivity contribution in [2.75, 3.05) is 13.2 Å². The molecule has 1 aliphatic heterocycles. The van der Waals surface area contributed by atoms with Gasteiger partial charge in [-0.1, -0.05) is 30.3 Å². The quantitative estimate of drug-likeness (QED) is 0.768. The van der Waals surface area contributed by atoms with Crippen LogP contribution in [0.4, 0.5) is 0 Å². The summed E-state index contributed by atoms with van der Waals surface area (Å²) in [4.78, 5) is 25.4. The van der Waals surface area contributed by atoms with E-state index in [1.165, 1.54) is 24.3 Å². The number of hydrogen-bond acceptors (Lipinski definition) is 4. The fourth-order valence-electron chi connectivity index (χ4n) is 6.19. The Morgan fingerprint density at radius 2 is 1.67 bits per heavy atom. The average Bonchev–Trinajstić information content (AvgIpc) is 3.16. The molecule has 1 amide bonds. The van der Waals surface area contributed by atoms with Crippen LogP contribution in [0.5, 0.6) is 0 Å². The van der Waals surface area contributed by atoms with E-state index in [-0.39, 0.29) is 23.9 Å². The number of hydrogen-bond donors (Lipinski definition) is 0. The first-order valence-electron chi connectivity index (χ1n) is 10.2. The lowest BCUT2D eigenvalue weighted by Crippen LogP contribution is -2.51. The first-order valence-corrected chi connectivity index (χ1v) is 10.2. The monoisotopic (exact) mass is 366 g/mol. The highest BCUT2D eigenvalue weighted by atomic mass is 16.5. The molecule has 0 spiro atoms. The molecule has 5 nitrogen and oxygen atoms in total. The molecule has 0 atom stereocenters. The second kappa shape index (κ2) is 6.47. The van der Waals surface area contributed by atoms with Gasteiger partial charge in [-0.05, 0) is 61.8 Å². The molecule has 0 radical (unpaired) electrons. The smallest absolute Gasteiger partial charge is 0.312 e. The molecule has 0 aromatic heterocycles. The Bertz CT molecular complexity index is 751. The molecule has 4 aliphatic carbocycles. The van der Waals surface area contributed by atoms with Crippen LogP contribution in [-0.4, -0.2) is 35.7 Å². The Labute approximate surface area is 159 Å². The van der Waals surface area contributed by atoms with E-state index in [0.717, 1.165) is 37.0 Å². The van der Waals surface area contributed by atoms with Crippen LogP contribution in [0.1, 0.15) is 50.5 Å². The van der Waals surface area contributed by atoms with Crippen molar-refractivity contribution in [1.82, 2.24) is 5.01 Å². The van der Waals surface area contributed by atoms with Gasteiger partial charge in [0.25, 0.3) is 5.91 Å². The normalized spacial score (nSPS) is 33.9. The van der Waals surface area contributed by atoms with Gasteiger partial charge in [0.1, 0.15) is 0 Å². The third-order valence-corrected chi connectivity index (χ3v) is 6.99. The highest BCUT2D eigenvalue weighted by Crippen LogP contribution is 2.60. The first kappa shape index (κ1) is 17.0. The van der Waals surface area contributed by atoms with E-state index < -0.39 is 0 Å². The number of ether oxygens (including phenoxy) is 1. The lowest BCUT2D eigenvalue weighted by Gasteiger charge is -2.55. The Hall–Kier alpha value is -2.17. The number of hydrazone groups is 1. The van der Waals surface area contributed by atoms with Crippen LogP contribution in [0.3, 0.4) is 0 Å². The number of rotatable bonds is 4. The van der Waals surface area contributed by atoms with Gasteiger partial charge in [0, 0.05) is 6.42 Å². The zero-order valence-corrected chi connectivity index (χ0v) is 15.6. The SMILES string of the molecule is O=C(COC(=O)C12CC3CC(CC(C3)C1)C2)N1CCC(c2ccccc2)=N1. The maximum absolute atomic E-state index is 12.9. The van der Waals surface area contributed by atoms with Gasteiger partial charge in [-0.2, -0.15) is 5.10 Å². The molecule has 0 unspecified atom stereocenters. The van der Waals surface area contributed by atoms with Crippen LogP contribution in [0.15, 0.2) is 35.4 Å². The zero-order valence-electron chi connectivity index (χ0n) is 15.6. The van der Waals surface area contributed by atoms with Crippen LogP contribution >= 0.6 is 0 Å². The molecular formula is C22H26N2O3. The van der Waals surface area contributed by atoms with Crippen molar-refractivity contribution in [2.24, 2.45) is 28.3 Å². The summed E-state index contributed by atoms with van der Waals surface area (Å²) < 4.78 is 5.54. The maximum Gasteiger partial charge on any atom is 0.312 e. The summed E-state index contributed by atoms with van der Waals surface area (Å²) in [5.41, 5.74) is 1.65. The summed E-state index contributed by atoms with van der Waals surface area (Å²) in [7, 11) is 0. The molecule has 0 saturated heterocycles. The standard InChI is InChI=1S/C22H26N2O3/c25-20(24-7-6-19(23-24)18-4-2-1-3-5-18)14-27-21(26)22-11-15-8-16(12-22)10-17(9-15)13-22/h1-5,15-17H,6-14H2. The summed E-state index contributed by atoms with van der Waals surface area (Å²) in [6, 6.07) is 9.90. The van der Waals surface area contributed by atoms with Crippen molar-refractivity contribution >= 4 is 17.6 Å². The van der Waals surface area contributed by atoms with Gasteiger partial charge in [-0.3, -0.25) is 9.59 Å². The third-order valence-electron chi connectivity index (χ3n) is 6.99. The van der Waals surface area contributed by atoms with Crippen LogP contribution in [-0.2, 0) is 14.3 Å². The molecule has 27 heavy (non-hydrogen) atoms. The van der Waals surface area contributed by atoms with Crippen LogP contribution in [0, 0.1) is 23.2 Å². The molecule has 1 aromatic rings. The number of esters is 1. The number of amides is 1. The molecule has 1 heterocycles. The van der Waals surface area contributed by atoms with E-state index in [0.29, 0.717) is 24.3 Å². The molecular weight excluding hydrogens is 340 g/mol. The van der Waals surface area contributed by atoms with E-state index in [1.54, 1.807) is 0 Å². The second-order valence-electron chi connectivity index (χ2n) is 8.95. The van der Waals surface area contributed by atoms with Gasteiger partial charge in [-0.15, -0.1) is 0 Å². The second-order valence-corrected chi connectivity index (χ2v) is 8.95. The summed E-state index contributed by atoms with van der Waals surface area (Å²) in [5.74, 6) is 1.71. The Balaban J connectivity index is 1.20. The molecule has 6 rings (SSSR count). The van der Waals surface area contributed by atoms with E-state index in [4.69, 9.17) is 4.74 Å². The Morgan fingerprint density at radius 1 is 1.04 bits per heavy atom. The molecule has 0 N–H and O–H groups in total.